The zero-order valence-corrected chi connectivity index (χ0v) is 14.4. The third kappa shape index (κ3) is 3.38. The maximum absolute atomic E-state index is 12.0. The average molecular weight is 339 g/mol. The molecule has 1 amide bonds. The smallest absolute Gasteiger partial charge is 0.226 e. The van der Waals surface area contributed by atoms with Crippen molar-refractivity contribution in [1.82, 2.24) is 15.5 Å². The maximum atomic E-state index is 12.0. The van der Waals surface area contributed by atoms with Gasteiger partial charge < -0.3 is 19.6 Å². The van der Waals surface area contributed by atoms with E-state index in [4.69, 9.17) is 9.26 Å². The molecule has 0 spiro atoms. The Bertz CT molecular complexity index is 921. The summed E-state index contributed by atoms with van der Waals surface area (Å²) in [6, 6.07) is 9.79. The summed E-state index contributed by atoms with van der Waals surface area (Å²) in [5.41, 5.74) is 2.58. The Hall–Kier alpha value is -2.76. The monoisotopic (exact) mass is 339 g/mol. The minimum absolute atomic E-state index is 0.137. The van der Waals surface area contributed by atoms with Crippen LogP contribution < -0.4 is 10.1 Å². The Morgan fingerprint density at radius 2 is 2.20 bits per heavy atom. The second kappa shape index (κ2) is 5.95. The van der Waals surface area contributed by atoms with Gasteiger partial charge >= 0.3 is 0 Å². The number of aromatic amines is 1. The summed E-state index contributed by atoms with van der Waals surface area (Å²) in [7, 11) is 0. The molecule has 0 atom stereocenters. The molecule has 1 fully saturated rings. The van der Waals surface area contributed by atoms with E-state index in [0.717, 1.165) is 46.6 Å². The van der Waals surface area contributed by atoms with Gasteiger partial charge in [-0.25, -0.2) is 0 Å². The van der Waals surface area contributed by atoms with Gasteiger partial charge in [0.15, 0.2) is 0 Å². The van der Waals surface area contributed by atoms with Crippen LogP contribution in [0.3, 0.4) is 0 Å². The van der Waals surface area contributed by atoms with Crippen molar-refractivity contribution in [2.75, 3.05) is 0 Å². The molecule has 0 aliphatic heterocycles. The van der Waals surface area contributed by atoms with Crippen LogP contribution in [0.2, 0.25) is 0 Å². The highest BCUT2D eigenvalue weighted by atomic mass is 16.5. The number of carbonyl (C=O) groups excluding carboxylic acids is 1. The van der Waals surface area contributed by atoms with Crippen LogP contribution >= 0.6 is 0 Å². The predicted molar refractivity (Wildman–Crippen MR) is 93.1 cm³/mol. The van der Waals surface area contributed by atoms with E-state index < -0.39 is 0 Å². The van der Waals surface area contributed by atoms with Crippen molar-refractivity contribution in [3.8, 4) is 5.75 Å². The quantitative estimate of drug-likeness (QED) is 0.721. The third-order valence-electron chi connectivity index (χ3n) is 4.70. The summed E-state index contributed by atoms with van der Waals surface area (Å²) in [4.78, 5) is 15.4. The zero-order valence-electron chi connectivity index (χ0n) is 14.4. The molecule has 6 nitrogen and oxygen atoms in total. The number of hydrogen-bond acceptors (Lipinski definition) is 4. The van der Waals surface area contributed by atoms with Gasteiger partial charge in [-0.2, -0.15) is 0 Å². The molecule has 0 unspecified atom stereocenters. The highest BCUT2D eigenvalue weighted by Crippen LogP contribution is 2.45. The summed E-state index contributed by atoms with van der Waals surface area (Å²) in [5, 5.41) is 8.01. The van der Waals surface area contributed by atoms with Crippen LogP contribution in [0, 0.1) is 12.3 Å². The van der Waals surface area contributed by atoms with E-state index in [-0.39, 0.29) is 11.3 Å². The number of hydrogen-bond donors (Lipinski definition) is 2. The molecule has 25 heavy (non-hydrogen) atoms. The van der Waals surface area contributed by atoms with E-state index in [1.54, 1.807) is 0 Å². The van der Waals surface area contributed by atoms with Gasteiger partial charge in [-0.15, -0.1) is 0 Å². The number of ether oxygens (including phenoxy) is 1. The highest BCUT2D eigenvalue weighted by molar-refractivity contribution is 5.85. The fraction of sp³-hybridized carbons (Fsp3) is 0.368. The van der Waals surface area contributed by atoms with Gasteiger partial charge in [-0.05, 0) is 43.4 Å². The van der Waals surface area contributed by atoms with E-state index in [2.05, 4.69) is 21.5 Å². The van der Waals surface area contributed by atoms with Crippen molar-refractivity contribution in [1.29, 1.82) is 0 Å². The fourth-order valence-corrected chi connectivity index (χ4v) is 2.80. The number of rotatable bonds is 6. The summed E-state index contributed by atoms with van der Waals surface area (Å²) in [6.45, 7) is 4.74. The molecule has 2 heterocycles. The number of nitrogens with zero attached hydrogens (tertiary/aromatic N) is 1. The molecule has 0 saturated heterocycles. The molecule has 2 N–H and O–H groups in total. The number of benzene rings is 1. The minimum atomic E-state index is -0.146. The highest BCUT2D eigenvalue weighted by Gasteiger charge is 2.44. The molecule has 0 radical (unpaired) electrons. The lowest BCUT2D eigenvalue weighted by molar-refractivity contribution is -0.125. The maximum Gasteiger partial charge on any atom is 0.226 e. The van der Waals surface area contributed by atoms with E-state index in [1.807, 2.05) is 38.1 Å². The van der Waals surface area contributed by atoms with Crippen LogP contribution in [0.15, 0.2) is 34.9 Å². The number of aromatic nitrogens is 2. The summed E-state index contributed by atoms with van der Waals surface area (Å²) >= 11 is 0. The van der Waals surface area contributed by atoms with Crippen LogP contribution in [0.1, 0.15) is 36.9 Å². The molecule has 4 rings (SSSR count). The van der Waals surface area contributed by atoms with Crippen LogP contribution in [-0.2, 0) is 17.9 Å². The Balaban J connectivity index is 1.41. The SMILES string of the molecule is Cc1cc(COc2ccc3cc(CNC(=O)C4(C)CC4)[nH]c3c2)no1. The summed E-state index contributed by atoms with van der Waals surface area (Å²) in [6.07, 6.45) is 1.97. The fourth-order valence-electron chi connectivity index (χ4n) is 2.80. The van der Waals surface area contributed by atoms with Gasteiger partial charge in [0, 0.05) is 28.8 Å². The molecular weight excluding hydrogens is 318 g/mol. The normalized spacial score (nSPS) is 15.3. The molecule has 3 aromatic rings. The van der Waals surface area contributed by atoms with Gasteiger partial charge in [-0.1, -0.05) is 12.1 Å². The first-order valence-electron chi connectivity index (χ1n) is 8.47. The molecule has 2 aromatic heterocycles. The third-order valence-corrected chi connectivity index (χ3v) is 4.70. The van der Waals surface area contributed by atoms with Crippen molar-refractivity contribution in [2.24, 2.45) is 5.41 Å². The standard InChI is InChI=1S/C19H21N3O3/c1-12-7-15(22-25-12)11-24-16-4-3-13-8-14(21-17(13)9-16)10-20-18(23)19(2)5-6-19/h3-4,7-9,21H,5-6,10-11H2,1-2H3,(H,20,23). The molecule has 1 aliphatic carbocycles. The van der Waals surface area contributed by atoms with E-state index in [9.17, 15) is 4.79 Å². The topological polar surface area (TPSA) is 80.1 Å². The van der Waals surface area contributed by atoms with Crippen molar-refractivity contribution < 1.29 is 14.1 Å². The largest absolute Gasteiger partial charge is 0.487 e. The number of carbonyl (C=O) groups is 1. The van der Waals surface area contributed by atoms with Crippen LogP contribution in [0.25, 0.3) is 10.9 Å². The number of H-pyrrole nitrogens is 1. The van der Waals surface area contributed by atoms with Crippen molar-refractivity contribution in [3.63, 3.8) is 0 Å². The number of amides is 1. The van der Waals surface area contributed by atoms with Gasteiger partial charge in [0.05, 0.1) is 6.54 Å². The average Bonchev–Trinajstić information content (AvgIpc) is 3.04. The number of fused-ring (bicyclic) bond motifs is 1. The molecule has 1 aliphatic rings. The van der Waals surface area contributed by atoms with Crippen LogP contribution in [0.4, 0.5) is 0 Å². The molecule has 1 aromatic carbocycles. The van der Waals surface area contributed by atoms with Gasteiger partial charge in [-0.3, -0.25) is 4.79 Å². The summed E-state index contributed by atoms with van der Waals surface area (Å²) in [5.74, 6) is 1.67. The first kappa shape index (κ1) is 15.7. The van der Waals surface area contributed by atoms with Crippen LogP contribution in [-0.4, -0.2) is 16.0 Å². The molecule has 0 bridgehead atoms. The molecule has 6 heteroatoms. The molecule has 130 valence electrons. The lowest BCUT2D eigenvalue weighted by Crippen LogP contribution is -2.29. The first-order chi connectivity index (χ1) is 12.0. The Kier molecular flexibility index (Phi) is 3.75. The lowest BCUT2D eigenvalue weighted by Gasteiger charge is -2.08. The van der Waals surface area contributed by atoms with Crippen molar-refractivity contribution >= 4 is 16.8 Å². The van der Waals surface area contributed by atoms with E-state index in [1.165, 1.54) is 0 Å². The first-order valence-corrected chi connectivity index (χ1v) is 8.47. The Morgan fingerprint density at radius 3 is 2.92 bits per heavy atom. The molecule has 1 saturated carbocycles. The number of aryl methyl sites for hydroxylation is 1. The predicted octanol–water partition coefficient (Wildman–Crippen LogP) is 3.46. The second-order valence-corrected chi connectivity index (χ2v) is 7.00. The second-order valence-electron chi connectivity index (χ2n) is 7.00. The Morgan fingerprint density at radius 1 is 1.36 bits per heavy atom. The van der Waals surface area contributed by atoms with Crippen molar-refractivity contribution in [2.45, 2.75) is 39.8 Å². The van der Waals surface area contributed by atoms with Gasteiger partial charge in [0.1, 0.15) is 23.8 Å². The van der Waals surface area contributed by atoms with Crippen LogP contribution in [0.5, 0.6) is 5.75 Å². The molecular formula is C19H21N3O3. The van der Waals surface area contributed by atoms with Crippen molar-refractivity contribution in [3.05, 3.63) is 47.5 Å². The van der Waals surface area contributed by atoms with E-state index >= 15 is 0 Å². The zero-order chi connectivity index (χ0) is 17.4. The number of nitrogens with one attached hydrogen (secondary N) is 2. The minimum Gasteiger partial charge on any atom is -0.487 e. The Labute approximate surface area is 145 Å². The lowest BCUT2D eigenvalue weighted by atomic mass is 10.1. The summed E-state index contributed by atoms with van der Waals surface area (Å²) < 4.78 is 10.8. The van der Waals surface area contributed by atoms with Gasteiger partial charge in [0.25, 0.3) is 0 Å². The van der Waals surface area contributed by atoms with E-state index in [0.29, 0.717) is 13.2 Å². The van der Waals surface area contributed by atoms with Gasteiger partial charge in [0.2, 0.25) is 5.91 Å².